The van der Waals surface area contributed by atoms with Gasteiger partial charge in [-0.05, 0) is 24.5 Å². The zero-order chi connectivity index (χ0) is 20.8. The number of carbonyl (C=O) groups is 1. The molecular formula is C22H27ClN2O4. The number of benzene rings is 2. The lowest BCUT2D eigenvalue weighted by Gasteiger charge is -2.31. The number of likely N-dealkylation sites (tertiary alicyclic amines) is 1. The fourth-order valence-corrected chi connectivity index (χ4v) is 4.03. The Bertz CT molecular complexity index is 833. The van der Waals surface area contributed by atoms with Crippen LogP contribution in [0.25, 0.3) is 0 Å². The topological polar surface area (TPSA) is 60.0 Å². The van der Waals surface area contributed by atoms with E-state index in [4.69, 9.17) is 25.8 Å². The summed E-state index contributed by atoms with van der Waals surface area (Å²) < 4.78 is 16.1. The summed E-state index contributed by atoms with van der Waals surface area (Å²) in [6.45, 7) is 0.673. The minimum Gasteiger partial charge on any atom is -0.493 e. The molecular weight excluding hydrogens is 392 g/mol. The molecule has 0 radical (unpaired) electrons. The van der Waals surface area contributed by atoms with Crippen molar-refractivity contribution in [2.24, 2.45) is 0 Å². The molecule has 7 heteroatoms. The van der Waals surface area contributed by atoms with Gasteiger partial charge in [0.15, 0.2) is 11.5 Å². The Morgan fingerprint density at radius 2 is 1.72 bits per heavy atom. The van der Waals surface area contributed by atoms with E-state index in [1.54, 1.807) is 33.5 Å². The highest BCUT2D eigenvalue weighted by Gasteiger charge is 2.28. The lowest BCUT2D eigenvalue weighted by Crippen LogP contribution is -2.38. The summed E-state index contributed by atoms with van der Waals surface area (Å²) >= 11 is 6.45. The van der Waals surface area contributed by atoms with Gasteiger partial charge >= 0.3 is 6.03 Å². The molecule has 1 saturated heterocycles. The SMILES string of the molecule is COc1cc(NC(=O)N2CCCCC[C@@H]2c2ccccc2Cl)cc(OC)c1OC. The minimum absolute atomic E-state index is 0.0618. The standard InChI is InChI=1S/C22H27ClN2O4/c1-27-19-13-15(14-20(28-2)21(19)29-3)24-22(26)25-12-8-4-5-11-18(25)16-9-6-7-10-17(16)23/h6-7,9-10,13-14,18H,4-5,8,11-12H2,1-3H3,(H,24,26)/t18-/m1/s1. The van der Waals surface area contributed by atoms with Gasteiger partial charge in [0.05, 0.1) is 33.1 Å². The van der Waals surface area contributed by atoms with Crippen molar-refractivity contribution in [2.45, 2.75) is 31.7 Å². The molecule has 1 aliphatic heterocycles. The number of halogens is 1. The van der Waals surface area contributed by atoms with Crippen LogP contribution in [0.1, 0.15) is 37.3 Å². The normalized spacial score (nSPS) is 16.7. The highest BCUT2D eigenvalue weighted by Crippen LogP contribution is 2.40. The maximum absolute atomic E-state index is 13.2. The van der Waals surface area contributed by atoms with Gasteiger partial charge in [0.25, 0.3) is 0 Å². The van der Waals surface area contributed by atoms with E-state index in [0.29, 0.717) is 34.5 Å². The fraction of sp³-hybridized carbons (Fsp3) is 0.409. The van der Waals surface area contributed by atoms with Crippen LogP contribution in [0.2, 0.25) is 5.02 Å². The van der Waals surface area contributed by atoms with Crippen LogP contribution >= 0.6 is 11.6 Å². The van der Waals surface area contributed by atoms with Crippen molar-refractivity contribution < 1.29 is 19.0 Å². The van der Waals surface area contributed by atoms with Gasteiger partial charge in [-0.2, -0.15) is 0 Å². The first-order valence-electron chi connectivity index (χ1n) is 9.71. The third kappa shape index (κ3) is 4.70. The van der Waals surface area contributed by atoms with Crippen LogP contribution in [0.4, 0.5) is 10.5 Å². The van der Waals surface area contributed by atoms with E-state index in [1.165, 1.54) is 0 Å². The van der Waals surface area contributed by atoms with Crippen LogP contribution in [0.5, 0.6) is 17.2 Å². The first-order valence-corrected chi connectivity index (χ1v) is 10.1. The Morgan fingerprint density at radius 1 is 1.03 bits per heavy atom. The number of carbonyl (C=O) groups excluding carboxylic acids is 1. The monoisotopic (exact) mass is 418 g/mol. The second-order valence-corrected chi connectivity index (χ2v) is 7.33. The highest BCUT2D eigenvalue weighted by molar-refractivity contribution is 6.31. The summed E-state index contributed by atoms with van der Waals surface area (Å²) in [5.74, 6) is 1.46. The quantitative estimate of drug-likeness (QED) is 0.694. The van der Waals surface area contributed by atoms with Gasteiger partial charge in [-0.15, -0.1) is 0 Å². The highest BCUT2D eigenvalue weighted by atomic mass is 35.5. The summed E-state index contributed by atoms with van der Waals surface area (Å²) in [5, 5.41) is 3.67. The summed E-state index contributed by atoms with van der Waals surface area (Å²) in [5.41, 5.74) is 1.56. The zero-order valence-electron chi connectivity index (χ0n) is 17.0. The van der Waals surface area contributed by atoms with Crippen LogP contribution in [-0.2, 0) is 0 Å². The second-order valence-electron chi connectivity index (χ2n) is 6.92. The molecule has 1 heterocycles. The van der Waals surface area contributed by atoms with Crippen molar-refractivity contribution in [1.29, 1.82) is 0 Å². The number of urea groups is 1. The van der Waals surface area contributed by atoms with Crippen LogP contribution in [0.3, 0.4) is 0 Å². The number of hydrogen-bond acceptors (Lipinski definition) is 4. The van der Waals surface area contributed by atoms with E-state index in [9.17, 15) is 4.79 Å². The number of rotatable bonds is 5. The van der Waals surface area contributed by atoms with Crippen molar-refractivity contribution in [3.8, 4) is 17.2 Å². The molecule has 1 aliphatic rings. The fourth-order valence-electron chi connectivity index (χ4n) is 3.77. The molecule has 0 aliphatic carbocycles. The third-order valence-electron chi connectivity index (χ3n) is 5.19. The van der Waals surface area contributed by atoms with Crippen molar-refractivity contribution in [2.75, 3.05) is 33.2 Å². The minimum atomic E-state index is -0.175. The summed E-state index contributed by atoms with van der Waals surface area (Å²) in [7, 11) is 4.64. The first-order chi connectivity index (χ1) is 14.1. The summed E-state index contributed by atoms with van der Waals surface area (Å²) in [4.78, 5) is 15.1. The van der Waals surface area contributed by atoms with E-state index in [-0.39, 0.29) is 12.1 Å². The van der Waals surface area contributed by atoms with E-state index < -0.39 is 0 Å². The van der Waals surface area contributed by atoms with Gasteiger partial charge < -0.3 is 24.4 Å². The predicted octanol–water partition coefficient (Wildman–Crippen LogP) is 5.52. The van der Waals surface area contributed by atoms with Gasteiger partial charge in [0, 0.05) is 23.7 Å². The maximum Gasteiger partial charge on any atom is 0.322 e. The molecule has 3 rings (SSSR count). The summed E-state index contributed by atoms with van der Waals surface area (Å²) in [6, 6.07) is 10.9. The molecule has 0 saturated carbocycles. The van der Waals surface area contributed by atoms with Crippen LogP contribution < -0.4 is 19.5 Å². The van der Waals surface area contributed by atoms with E-state index >= 15 is 0 Å². The van der Waals surface area contributed by atoms with Gasteiger partial charge in [-0.25, -0.2) is 4.79 Å². The lowest BCUT2D eigenvalue weighted by atomic mass is 10.0. The van der Waals surface area contributed by atoms with Gasteiger partial charge in [0.2, 0.25) is 5.75 Å². The lowest BCUT2D eigenvalue weighted by molar-refractivity contribution is 0.189. The zero-order valence-corrected chi connectivity index (χ0v) is 17.8. The van der Waals surface area contributed by atoms with Crippen molar-refractivity contribution in [3.05, 3.63) is 47.0 Å². The third-order valence-corrected chi connectivity index (χ3v) is 5.54. The van der Waals surface area contributed by atoms with Gasteiger partial charge in [0.1, 0.15) is 0 Å². The Kier molecular flexibility index (Phi) is 7.09. The number of ether oxygens (including phenoxy) is 3. The van der Waals surface area contributed by atoms with Crippen molar-refractivity contribution in [3.63, 3.8) is 0 Å². The molecule has 1 N–H and O–H groups in total. The van der Waals surface area contributed by atoms with Crippen LogP contribution in [0.15, 0.2) is 36.4 Å². The van der Waals surface area contributed by atoms with Crippen molar-refractivity contribution in [1.82, 2.24) is 4.90 Å². The molecule has 1 atom stereocenters. The van der Waals surface area contributed by atoms with Crippen molar-refractivity contribution >= 4 is 23.3 Å². The van der Waals surface area contributed by atoms with Gasteiger partial charge in [-0.3, -0.25) is 0 Å². The Hall–Kier alpha value is -2.60. The number of amides is 2. The average molecular weight is 419 g/mol. The number of hydrogen-bond donors (Lipinski definition) is 1. The molecule has 0 aromatic heterocycles. The molecule has 2 aromatic carbocycles. The molecule has 6 nitrogen and oxygen atoms in total. The van der Waals surface area contributed by atoms with E-state index in [1.807, 2.05) is 29.2 Å². The molecule has 156 valence electrons. The molecule has 0 bridgehead atoms. The second kappa shape index (κ2) is 9.74. The first kappa shape index (κ1) is 21.1. The largest absolute Gasteiger partial charge is 0.493 e. The Labute approximate surface area is 176 Å². The Morgan fingerprint density at radius 3 is 2.34 bits per heavy atom. The van der Waals surface area contributed by atoms with E-state index in [0.717, 1.165) is 31.2 Å². The molecule has 2 amide bonds. The maximum atomic E-state index is 13.2. The van der Waals surface area contributed by atoms with Crippen LogP contribution in [0, 0.1) is 0 Å². The average Bonchev–Trinajstić information content (AvgIpc) is 2.99. The number of anilines is 1. The predicted molar refractivity (Wildman–Crippen MR) is 114 cm³/mol. The molecule has 0 spiro atoms. The smallest absolute Gasteiger partial charge is 0.322 e. The molecule has 2 aromatic rings. The summed E-state index contributed by atoms with van der Waals surface area (Å²) in [6.07, 6.45) is 3.99. The number of nitrogens with zero attached hydrogens (tertiary/aromatic N) is 1. The number of nitrogens with one attached hydrogen (secondary N) is 1. The number of methoxy groups -OCH3 is 3. The van der Waals surface area contributed by atoms with Gasteiger partial charge in [-0.1, -0.05) is 42.6 Å². The Balaban J connectivity index is 1.89. The molecule has 1 fully saturated rings. The molecule has 29 heavy (non-hydrogen) atoms. The molecule has 0 unspecified atom stereocenters. The van der Waals surface area contributed by atoms with E-state index in [2.05, 4.69) is 5.32 Å². The van der Waals surface area contributed by atoms with Crippen LogP contribution in [-0.4, -0.2) is 38.8 Å².